The van der Waals surface area contributed by atoms with Gasteiger partial charge in [0.05, 0.1) is 11.2 Å². The number of rotatable bonds is 2. The molecule has 0 spiro atoms. The van der Waals surface area contributed by atoms with Crippen LogP contribution in [-0.2, 0) is 0 Å². The van der Waals surface area contributed by atoms with E-state index in [4.69, 9.17) is 4.99 Å². The molecule has 0 saturated carbocycles. The van der Waals surface area contributed by atoms with E-state index in [0.29, 0.717) is 12.0 Å². The minimum Gasteiger partial charge on any atom is -0.309 e. The second kappa shape index (κ2) is 5.42. The smallest absolute Gasteiger partial charge is 0.121 e. The molecule has 2 atom stereocenters. The number of pyridine rings is 1. The first-order valence-corrected chi connectivity index (χ1v) is 7.31. The van der Waals surface area contributed by atoms with Crippen LogP contribution >= 0.6 is 12.6 Å². The zero-order valence-electron chi connectivity index (χ0n) is 11.6. The number of hydrogen-bond donors (Lipinski definition) is 3. The van der Waals surface area contributed by atoms with Crippen LogP contribution in [0, 0.1) is 5.92 Å². The number of hydrogen-bond acceptors (Lipinski definition) is 4. The lowest BCUT2D eigenvalue weighted by molar-refractivity contribution is 0.498. The van der Waals surface area contributed by atoms with Gasteiger partial charge in [-0.1, -0.05) is 6.92 Å². The third-order valence-corrected chi connectivity index (χ3v) is 4.04. The van der Waals surface area contributed by atoms with Crippen molar-refractivity contribution in [1.29, 1.82) is 0 Å². The van der Waals surface area contributed by atoms with Gasteiger partial charge in [-0.3, -0.25) is 4.98 Å². The van der Waals surface area contributed by atoms with E-state index in [-0.39, 0.29) is 0 Å². The Labute approximate surface area is 124 Å². The molecule has 1 aromatic carbocycles. The maximum atomic E-state index is 4.80. The highest BCUT2D eigenvalue weighted by atomic mass is 32.1. The van der Waals surface area contributed by atoms with Crippen molar-refractivity contribution in [3.63, 3.8) is 0 Å². The van der Waals surface area contributed by atoms with E-state index in [9.17, 15) is 0 Å². The van der Waals surface area contributed by atoms with Crippen LogP contribution < -0.4 is 10.9 Å². The molecular formula is C15H18N4S. The molecule has 1 fully saturated rings. The summed E-state index contributed by atoms with van der Waals surface area (Å²) < 4.78 is 0. The molecule has 1 aliphatic heterocycles. The van der Waals surface area contributed by atoms with Gasteiger partial charge in [-0.15, -0.1) is 12.6 Å². The third kappa shape index (κ3) is 2.39. The molecule has 2 N–H and O–H groups in total. The molecule has 104 valence electrons. The number of aromatic nitrogens is 1. The summed E-state index contributed by atoms with van der Waals surface area (Å²) in [6.45, 7) is 4.35. The minimum atomic E-state index is 0.396. The fourth-order valence-electron chi connectivity index (χ4n) is 2.62. The first-order valence-electron chi connectivity index (χ1n) is 6.87. The average Bonchev–Trinajstić information content (AvgIpc) is 2.80. The van der Waals surface area contributed by atoms with E-state index >= 15 is 0 Å². The lowest BCUT2D eigenvalue weighted by Gasteiger charge is -2.10. The lowest BCUT2D eigenvalue weighted by Crippen LogP contribution is -2.29. The van der Waals surface area contributed by atoms with E-state index in [0.717, 1.165) is 33.7 Å². The third-order valence-electron chi connectivity index (χ3n) is 3.77. The second-order valence-corrected chi connectivity index (χ2v) is 5.62. The number of hydrazine groups is 1. The molecule has 0 aliphatic carbocycles. The largest absolute Gasteiger partial charge is 0.309 e. The van der Waals surface area contributed by atoms with Gasteiger partial charge in [0.2, 0.25) is 0 Å². The Morgan fingerprint density at radius 2 is 2.20 bits per heavy atom. The molecule has 5 heteroatoms. The van der Waals surface area contributed by atoms with Crippen LogP contribution in [-0.4, -0.2) is 16.9 Å². The number of amidine groups is 1. The van der Waals surface area contributed by atoms with Crippen LogP contribution in [0.25, 0.3) is 10.9 Å². The second-order valence-electron chi connectivity index (χ2n) is 5.10. The van der Waals surface area contributed by atoms with Gasteiger partial charge < -0.3 is 5.43 Å². The number of benzene rings is 1. The Morgan fingerprint density at radius 1 is 1.35 bits per heavy atom. The van der Waals surface area contributed by atoms with Gasteiger partial charge in [0, 0.05) is 28.4 Å². The highest BCUT2D eigenvalue weighted by molar-refractivity contribution is 7.80. The topological polar surface area (TPSA) is 49.3 Å². The monoisotopic (exact) mass is 286 g/mol. The molecule has 3 rings (SSSR count). The van der Waals surface area contributed by atoms with Crippen molar-refractivity contribution >= 4 is 35.1 Å². The summed E-state index contributed by atoms with van der Waals surface area (Å²) in [6, 6.07) is 8.27. The maximum Gasteiger partial charge on any atom is 0.121 e. The first kappa shape index (κ1) is 13.4. The van der Waals surface area contributed by atoms with Crippen LogP contribution in [0.4, 0.5) is 5.69 Å². The molecule has 4 nitrogen and oxygen atoms in total. The quantitative estimate of drug-likeness (QED) is 0.744. The Hall–Kier alpha value is -1.59. The standard InChI is InChI=1S/C15H18N4S/c1-3-11-9(2)18-19-15(11)17-14-6-7-16-13-5-4-10(20)8-12(13)14/h4-9,11,18,20H,3H2,1-2H3,(H,16,17,19). The van der Waals surface area contributed by atoms with E-state index in [2.05, 4.69) is 42.3 Å². The summed E-state index contributed by atoms with van der Waals surface area (Å²) in [5.74, 6) is 1.41. The van der Waals surface area contributed by atoms with E-state index < -0.39 is 0 Å². The fraction of sp³-hybridized carbons (Fsp3) is 0.333. The molecule has 2 aromatic rings. The molecule has 1 aromatic heterocycles. The van der Waals surface area contributed by atoms with Crippen LogP contribution in [0.15, 0.2) is 40.4 Å². The summed E-state index contributed by atoms with van der Waals surface area (Å²) in [5.41, 5.74) is 8.31. The van der Waals surface area contributed by atoms with Gasteiger partial charge in [-0.05, 0) is 37.6 Å². The van der Waals surface area contributed by atoms with E-state index in [1.54, 1.807) is 6.20 Å². The van der Waals surface area contributed by atoms with Crippen molar-refractivity contribution < 1.29 is 0 Å². The van der Waals surface area contributed by atoms with Crippen LogP contribution in [0.2, 0.25) is 0 Å². The van der Waals surface area contributed by atoms with E-state index in [1.807, 2.05) is 24.3 Å². The molecular weight excluding hydrogens is 268 g/mol. The highest BCUT2D eigenvalue weighted by Crippen LogP contribution is 2.28. The van der Waals surface area contributed by atoms with E-state index in [1.165, 1.54) is 0 Å². The number of aliphatic imine (C=N–C) groups is 1. The van der Waals surface area contributed by atoms with Gasteiger partial charge in [0.1, 0.15) is 5.84 Å². The predicted octanol–water partition coefficient (Wildman–Crippen LogP) is 3.08. The lowest BCUT2D eigenvalue weighted by atomic mass is 9.99. The number of thiol groups is 1. The molecule has 1 saturated heterocycles. The number of nitrogens with one attached hydrogen (secondary N) is 2. The summed E-state index contributed by atoms with van der Waals surface area (Å²) >= 11 is 4.40. The molecule has 2 unspecified atom stereocenters. The van der Waals surface area contributed by atoms with Crippen molar-refractivity contribution in [3.05, 3.63) is 30.5 Å². The van der Waals surface area contributed by atoms with Gasteiger partial charge in [0.15, 0.2) is 0 Å². The van der Waals surface area contributed by atoms with Crippen LogP contribution in [0.1, 0.15) is 20.3 Å². The Balaban J connectivity index is 2.09. The van der Waals surface area contributed by atoms with Crippen molar-refractivity contribution in [2.45, 2.75) is 31.2 Å². The molecule has 2 heterocycles. The molecule has 0 amide bonds. The predicted molar refractivity (Wildman–Crippen MR) is 85.6 cm³/mol. The molecule has 0 radical (unpaired) electrons. The zero-order valence-corrected chi connectivity index (χ0v) is 12.5. The highest BCUT2D eigenvalue weighted by Gasteiger charge is 2.27. The number of fused-ring (bicyclic) bond motifs is 1. The zero-order chi connectivity index (χ0) is 14.1. The van der Waals surface area contributed by atoms with Crippen molar-refractivity contribution in [2.75, 3.05) is 0 Å². The fourth-order valence-corrected chi connectivity index (χ4v) is 2.83. The summed E-state index contributed by atoms with van der Waals surface area (Å²) in [4.78, 5) is 10.1. The van der Waals surface area contributed by atoms with Crippen molar-refractivity contribution in [1.82, 2.24) is 15.8 Å². The van der Waals surface area contributed by atoms with Crippen LogP contribution in [0.3, 0.4) is 0 Å². The Bertz CT molecular complexity index is 668. The molecule has 1 aliphatic rings. The SMILES string of the molecule is CCC1C(=Nc2ccnc3ccc(S)cc23)NNC1C. The molecule has 20 heavy (non-hydrogen) atoms. The van der Waals surface area contributed by atoms with Crippen LogP contribution in [0.5, 0.6) is 0 Å². The van der Waals surface area contributed by atoms with Gasteiger partial charge in [0.25, 0.3) is 0 Å². The van der Waals surface area contributed by atoms with Gasteiger partial charge in [-0.2, -0.15) is 0 Å². The average molecular weight is 286 g/mol. The van der Waals surface area contributed by atoms with Crippen molar-refractivity contribution in [2.24, 2.45) is 10.9 Å². The Kier molecular flexibility index (Phi) is 3.63. The summed E-state index contributed by atoms with van der Waals surface area (Å²) in [5, 5.41) is 1.03. The summed E-state index contributed by atoms with van der Waals surface area (Å²) in [6.07, 6.45) is 2.85. The Morgan fingerprint density at radius 3 is 3.00 bits per heavy atom. The first-order chi connectivity index (χ1) is 9.69. The van der Waals surface area contributed by atoms with Gasteiger partial charge >= 0.3 is 0 Å². The maximum absolute atomic E-state index is 4.80. The van der Waals surface area contributed by atoms with Crippen molar-refractivity contribution in [3.8, 4) is 0 Å². The normalized spacial score (nSPS) is 24.2. The summed E-state index contributed by atoms with van der Waals surface area (Å²) in [7, 11) is 0. The van der Waals surface area contributed by atoms with Gasteiger partial charge in [-0.25, -0.2) is 10.4 Å². The minimum absolute atomic E-state index is 0.396. The number of nitrogens with zero attached hydrogens (tertiary/aromatic N) is 2. The molecule has 0 bridgehead atoms.